The third kappa shape index (κ3) is 20.7. The van der Waals surface area contributed by atoms with Gasteiger partial charge in [0, 0.05) is 6.08 Å². The lowest BCUT2D eigenvalue weighted by Gasteiger charge is -2.00. The molecule has 26 heavy (non-hydrogen) atoms. The van der Waals surface area contributed by atoms with Crippen molar-refractivity contribution in [2.75, 3.05) is 6.61 Å². The second-order valence-corrected chi connectivity index (χ2v) is 6.88. The fraction of sp³-hybridized carbons (Fsp3) is 0.708. The highest BCUT2D eigenvalue weighted by Gasteiger charge is 1.93. The van der Waals surface area contributed by atoms with Gasteiger partial charge >= 0.3 is 5.97 Å². The van der Waals surface area contributed by atoms with E-state index in [9.17, 15) is 4.79 Å². The zero-order valence-corrected chi connectivity index (χ0v) is 17.4. The van der Waals surface area contributed by atoms with Gasteiger partial charge in [0.05, 0.1) is 6.61 Å². The minimum absolute atomic E-state index is 0.218. The van der Waals surface area contributed by atoms with Gasteiger partial charge in [-0.3, -0.25) is 0 Å². The number of rotatable bonds is 18. The van der Waals surface area contributed by atoms with Crippen molar-refractivity contribution < 1.29 is 9.53 Å². The van der Waals surface area contributed by atoms with E-state index in [1.165, 1.54) is 77.0 Å². The molecule has 0 N–H and O–H groups in total. The maximum absolute atomic E-state index is 11.1. The van der Waals surface area contributed by atoms with Crippen molar-refractivity contribution in [3.63, 3.8) is 0 Å². The van der Waals surface area contributed by atoms with Gasteiger partial charge in [-0.15, -0.1) is 0 Å². The highest BCUT2D eigenvalue weighted by atomic mass is 16.5. The molecular formula is C24H42O2. The summed E-state index contributed by atoms with van der Waals surface area (Å²) in [6.45, 7) is 4.53. The first kappa shape index (κ1) is 24.7. The van der Waals surface area contributed by atoms with E-state index in [2.05, 4.69) is 31.2 Å². The lowest BCUT2D eigenvalue weighted by molar-refractivity contribution is -0.137. The molecule has 0 saturated carbocycles. The topological polar surface area (TPSA) is 26.3 Å². The molecule has 0 aliphatic carbocycles. The van der Waals surface area contributed by atoms with E-state index in [1.54, 1.807) is 6.08 Å². The van der Waals surface area contributed by atoms with Crippen molar-refractivity contribution in [3.05, 3.63) is 36.5 Å². The van der Waals surface area contributed by atoms with E-state index in [1.807, 2.05) is 13.0 Å². The molecule has 0 heterocycles. The molecule has 0 aromatic carbocycles. The van der Waals surface area contributed by atoms with Gasteiger partial charge in [0.1, 0.15) is 0 Å². The third-order valence-electron chi connectivity index (χ3n) is 4.36. The zero-order valence-electron chi connectivity index (χ0n) is 17.4. The predicted molar refractivity (Wildman–Crippen MR) is 114 cm³/mol. The van der Waals surface area contributed by atoms with Crippen LogP contribution in [0.2, 0.25) is 0 Å². The maximum atomic E-state index is 11.1. The molecule has 0 atom stereocenters. The van der Waals surface area contributed by atoms with Crippen LogP contribution in [0.5, 0.6) is 0 Å². The van der Waals surface area contributed by atoms with E-state index in [0.717, 1.165) is 12.8 Å². The van der Waals surface area contributed by atoms with Crippen LogP contribution in [0.15, 0.2) is 36.5 Å². The molecular weight excluding hydrogens is 320 g/mol. The second kappa shape index (κ2) is 21.7. The minimum Gasteiger partial charge on any atom is -0.463 e. The van der Waals surface area contributed by atoms with Crippen molar-refractivity contribution in [2.24, 2.45) is 0 Å². The van der Waals surface area contributed by atoms with E-state index in [0.29, 0.717) is 6.61 Å². The van der Waals surface area contributed by atoms with Gasteiger partial charge in [-0.05, 0) is 51.9 Å². The summed E-state index contributed by atoms with van der Waals surface area (Å²) < 4.78 is 4.85. The first-order chi connectivity index (χ1) is 12.8. The molecule has 0 fully saturated rings. The molecule has 150 valence electrons. The molecule has 2 nitrogen and oxygen atoms in total. The predicted octanol–water partition coefficient (Wildman–Crippen LogP) is 7.70. The number of carbonyl (C=O) groups is 1. The largest absolute Gasteiger partial charge is 0.463 e. The van der Waals surface area contributed by atoms with Gasteiger partial charge in [-0.25, -0.2) is 4.79 Å². The van der Waals surface area contributed by atoms with Crippen molar-refractivity contribution in [2.45, 2.75) is 104 Å². The van der Waals surface area contributed by atoms with Crippen LogP contribution in [0.3, 0.4) is 0 Å². The van der Waals surface area contributed by atoms with Crippen LogP contribution in [0, 0.1) is 0 Å². The monoisotopic (exact) mass is 362 g/mol. The van der Waals surface area contributed by atoms with Crippen LogP contribution < -0.4 is 0 Å². The number of unbranched alkanes of at least 4 members (excludes halogenated alkanes) is 11. The Morgan fingerprint density at radius 1 is 0.654 bits per heavy atom. The molecule has 0 saturated heterocycles. The standard InChI is InChI=1S/C24H42O2/c1-3-5-6-7-8-9-10-11-12-13-14-15-16-17-18-19-20-21-22-23-24(25)26-4-2/h8-9,11-12,22-23H,3-7,10,13-21H2,1-2H3/b9-8?,12-11?,23-22-. The Kier molecular flexibility index (Phi) is 20.6. The van der Waals surface area contributed by atoms with Crippen LogP contribution in [-0.4, -0.2) is 12.6 Å². The smallest absolute Gasteiger partial charge is 0.330 e. The average Bonchev–Trinajstić information content (AvgIpc) is 2.64. The number of carbonyl (C=O) groups excluding carboxylic acids is 1. The van der Waals surface area contributed by atoms with Crippen LogP contribution in [-0.2, 0) is 9.53 Å². The summed E-state index contributed by atoms with van der Waals surface area (Å²) in [7, 11) is 0. The van der Waals surface area contributed by atoms with Gasteiger partial charge in [0.15, 0.2) is 0 Å². The highest BCUT2D eigenvalue weighted by molar-refractivity contribution is 5.81. The Bertz CT molecular complexity index is 380. The Balaban J connectivity index is 3.24. The van der Waals surface area contributed by atoms with Crippen LogP contribution in [0.25, 0.3) is 0 Å². The van der Waals surface area contributed by atoms with Gasteiger partial charge in [0.2, 0.25) is 0 Å². The Morgan fingerprint density at radius 3 is 1.69 bits per heavy atom. The normalized spacial score (nSPS) is 11.9. The molecule has 0 aliphatic heterocycles. The van der Waals surface area contributed by atoms with Crippen molar-refractivity contribution in [3.8, 4) is 0 Å². The van der Waals surface area contributed by atoms with Crippen LogP contribution >= 0.6 is 0 Å². The number of esters is 1. The number of allylic oxidation sites excluding steroid dienone is 5. The SMILES string of the molecule is CCCCCC=CCC=CCCCCCCCCC/C=C\C(=O)OCC. The van der Waals surface area contributed by atoms with Crippen LogP contribution in [0.4, 0.5) is 0 Å². The minimum atomic E-state index is -0.218. The van der Waals surface area contributed by atoms with Crippen molar-refractivity contribution in [1.29, 1.82) is 0 Å². The Labute approximate surface area is 162 Å². The molecule has 0 spiro atoms. The van der Waals surface area contributed by atoms with E-state index < -0.39 is 0 Å². The molecule has 0 unspecified atom stereocenters. The molecule has 0 bridgehead atoms. The average molecular weight is 363 g/mol. The highest BCUT2D eigenvalue weighted by Crippen LogP contribution is 2.10. The first-order valence-electron chi connectivity index (χ1n) is 10.9. The molecule has 0 aromatic rings. The Morgan fingerprint density at radius 2 is 1.15 bits per heavy atom. The summed E-state index contributed by atoms with van der Waals surface area (Å²) in [4.78, 5) is 11.1. The van der Waals surface area contributed by atoms with Gasteiger partial charge < -0.3 is 4.74 Å². The molecule has 0 amide bonds. The van der Waals surface area contributed by atoms with Gasteiger partial charge in [0.25, 0.3) is 0 Å². The van der Waals surface area contributed by atoms with Crippen molar-refractivity contribution >= 4 is 5.97 Å². The summed E-state index contributed by atoms with van der Waals surface area (Å²) in [5.41, 5.74) is 0. The second-order valence-electron chi connectivity index (χ2n) is 6.88. The van der Waals surface area contributed by atoms with E-state index >= 15 is 0 Å². The maximum Gasteiger partial charge on any atom is 0.330 e. The zero-order chi connectivity index (χ0) is 19.1. The summed E-state index contributed by atoms with van der Waals surface area (Å²) in [5.74, 6) is -0.218. The lowest BCUT2D eigenvalue weighted by atomic mass is 10.1. The quantitative estimate of drug-likeness (QED) is 0.108. The molecule has 0 aliphatic rings. The van der Waals surface area contributed by atoms with Crippen molar-refractivity contribution in [1.82, 2.24) is 0 Å². The number of ether oxygens (including phenoxy) is 1. The Hall–Kier alpha value is -1.31. The fourth-order valence-electron chi connectivity index (χ4n) is 2.80. The number of hydrogen-bond acceptors (Lipinski definition) is 2. The molecule has 0 radical (unpaired) electrons. The molecule has 2 heteroatoms. The molecule has 0 rings (SSSR count). The summed E-state index contributed by atoms with van der Waals surface area (Å²) >= 11 is 0. The molecule has 0 aromatic heterocycles. The van der Waals surface area contributed by atoms with E-state index in [-0.39, 0.29) is 5.97 Å². The summed E-state index contributed by atoms with van der Waals surface area (Å²) in [6, 6.07) is 0. The fourth-order valence-corrected chi connectivity index (χ4v) is 2.80. The van der Waals surface area contributed by atoms with Gasteiger partial charge in [-0.2, -0.15) is 0 Å². The first-order valence-corrected chi connectivity index (χ1v) is 10.9. The lowest BCUT2D eigenvalue weighted by Crippen LogP contribution is -1.98. The summed E-state index contributed by atoms with van der Waals surface area (Å²) in [5, 5.41) is 0. The van der Waals surface area contributed by atoms with Crippen LogP contribution in [0.1, 0.15) is 104 Å². The van der Waals surface area contributed by atoms with Gasteiger partial charge in [-0.1, -0.05) is 82.2 Å². The van der Waals surface area contributed by atoms with E-state index in [4.69, 9.17) is 4.74 Å². The summed E-state index contributed by atoms with van der Waals surface area (Å²) in [6.07, 6.45) is 30.4. The number of hydrogen-bond donors (Lipinski definition) is 0. The third-order valence-corrected chi connectivity index (χ3v) is 4.36.